The largest absolute Gasteiger partial charge is 0.471 e. The highest BCUT2D eigenvalue weighted by Crippen LogP contribution is 2.30. The minimum absolute atomic E-state index is 0.408. The van der Waals surface area contributed by atoms with E-state index in [2.05, 4.69) is 16.4 Å². The van der Waals surface area contributed by atoms with E-state index in [0.717, 1.165) is 27.7 Å². The van der Waals surface area contributed by atoms with Gasteiger partial charge in [0.05, 0.1) is 0 Å². The Morgan fingerprint density at radius 2 is 2.14 bits per heavy atom. The molecular weight excluding hydrogens is 281 g/mol. The van der Waals surface area contributed by atoms with Crippen molar-refractivity contribution in [1.29, 1.82) is 0 Å². The second kappa shape index (κ2) is 4.79. The lowest BCUT2D eigenvalue weighted by Gasteiger charge is -2.24. The molecular formula is C15H15F3N2O. The molecule has 0 saturated heterocycles. The maximum atomic E-state index is 12.3. The van der Waals surface area contributed by atoms with Crippen molar-refractivity contribution in [1.82, 2.24) is 10.3 Å². The van der Waals surface area contributed by atoms with Gasteiger partial charge in [0.2, 0.25) is 0 Å². The molecule has 1 aromatic carbocycles. The monoisotopic (exact) mass is 296 g/mol. The number of rotatable bonds is 1. The Balaban J connectivity index is 1.83. The van der Waals surface area contributed by atoms with Crippen LogP contribution >= 0.6 is 0 Å². The van der Waals surface area contributed by atoms with Crippen molar-refractivity contribution in [2.45, 2.75) is 38.4 Å². The van der Waals surface area contributed by atoms with Crippen molar-refractivity contribution in [3.05, 3.63) is 35.0 Å². The van der Waals surface area contributed by atoms with Gasteiger partial charge in [-0.25, -0.2) is 0 Å². The Morgan fingerprint density at radius 3 is 2.86 bits per heavy atom. The van der Waals surface area contributed by atoms with Gasteiger partial charge in [-0.1, -0.05) is 11.6 Å². The molecule has 0 radical (unpaired) electrons. The fraction of sp³-hybridized carbons (Fsp3) is 0.400. The maximum Gasteiger partial charge on any atom is 0.471 e. The summed E-state index contributed by atoms with van der Waals surface area (Å²) in [5, 5.41) is 3.20. The van der Waals surface area contributed by atoms with E-state index in [1.807, 2.05) is 19.1 Å². The smallest absolute Gasteiger partial charge is 0.358 e. The van der Waals surface area contributed by atoms with E-state index in [9.17, 15) is 18.0 Å². The van der Waals surface area contributed by atoms with Crippen molar-refractivity contribution in [3.63, 3.8) is 0 Å². The second-order valence-corrected chi connectivity index (χ2v) is 5.54. The van der Waals surface area contributed by atoms with E-state index >= 15 is 0 Å². The number of carbonyl (C=O) groups is 1. The molecule has 0 spiro atoms. The predicted octanol–water partition coefficient (Wildman–Crippen LogP) is 3.01. The van der Waals surface area contributed by atoms with E-state index in [-0.39, 0.29) is 0 Å². The molecule has 1 unspecified atom stereocenters. The summed E-state index contributed by atoms with van der Waals surface area (Å²) in [5.41, 5.74) is 4.23. The number of benzene rings is 1. The van der Waals surface area contributed by atoms with Gasteiger partial charge in [0.25, 0.3) is 0 Å². The third kappa shape index (κ3) is 2.62. The average Bonchev–Trinajstić information content (AvgIpc) is 2.74. The van der Waals surface area contributed by atoms with Crippen LogP contribution in [-0.4, -0.2) is 23.1 Å². The van der Waals surface area contributed by atoms with Gasteiger partial charge in [-0.3, -0.25) is 4.79 Å². The molecule has 2 aromatic rings. The topological polar surface area (TPSA) is 44.9 Å². The van der Waals surface area contributed by atoms with Gasteiger partial charge in [0, 0.05) is 29.1 Å². The highest BCUT2D eigenvalue weighted by molar-refractivity contribution is 5.86. The highest BCUT2D eigenvalue weighted by Gasteiger charge is 2.40. The van der Waals surface area contributed by atoms with Gasteiger partial charge in [-0.15, -0.1) is 0 Å². The lowest BCUT2D eigenvalue weighted by atomic mass is 9.91. The van der Waals surface area contributed by atoms with Crippen LogP contribution < -0.4 is 5.32 Å². The van der Waals surface area contributed by atoms with Crippen molar-refractivity contribution in [2.75, 3.05) is 0 Å². The second-order valence-electron chi connectivity index (χ2n) is 5.54. The number of aryl methyl sites for hydroxylation is 2. The first-order valence-corrected chi connectivity index (χ1v) is 6.82. The van der Waals surface area contributed by atoms with Crippen molar-refractivity contribution in [3.8, 4) is 0 Å². The predicted molar refractivity (Wildman–Crippen MR) is 73.0 cm³/mol. The molecule has 1 aliphatic rings. The number of aromatic nitrogens is 1. The van der Waals surface area contributed by atoms with E-state index < -0.39 is 18.1 Å². The minimum Gasteiger partial charge on any atom is -0.358 e. The van der Waals surface area contributed by atoms with Crippen LogP contribution in [0.1, 0.15) is 23.2 Å². The fourth-order valence-electron chi connectivity index (χ4n) is 2.93. The Bertz CT molecular complexity index is 703. The zero-order valence-electron chi connectivity index (χ0n) is 11.5. The summed E-state index contributed by atoms with van der Waals surface area (Å²) in [5.74, 6) is -1.86. The van der Waals surface area contributed by atoms with Crippen LogP contribution in [-0.2, 0) is 17.6 Å². The summed E-state index contributed by atoms with van der Waals surface area (Å²) in [7, 11) is 0. The molecule has 3 rings (SSSR count). The molecule has 1 aromatic heterocycles. The van der Waals surface area contributed by atoms with Gasteiger partial charge in [-0.2, -0.15) is 13.2 Å². The van der Waals surface area contributed by atoms with E-state index in [0.29, 0.717) is 19.3 Å². The lowest BCUT2D eigenvalue weighted by molar-refractivity contribution is -0.174. The summed E-state index contributed by atoms with van der Waals surface area (Å²) in [4.78, 5) is 14.3. The highest BCUT2D eigenvalue weighted by atomic mass is 19.4. The summed E-state index contributed by atoms with van der Waals surface area (Å²) >= 11 is 0. The molecule has 112 valence electrons. The number of halogens is 3. The Kier molecular flexibility index (Phi) is 3.19. The number of alkyl halides is 3. The summed E-state index contributed by atoms with van der Waals surface area (Å²) in [6.45, 7) is 2.01. The number of hydrogen-bond donors (Lipinski definition) is 2. The molecule has 3 nitrogen and oxygen atoms in total. The van der Waals surface area contributed by atoms with Gasteiger partial charge >= 0.3 is 12.1 Å². The normalized spacial score (nSPS) is 18.6. The number of carbonyl (C=O) groups excluding carboxylic acids is 1. The third-order valence-electron chi connectivity index (χ3n) is 3.94. The van der Waals surface area contributed by atoms with Crippen LogP contribution in [0.2, 0.25) is 0 Å². The third-order valence-corrected chi connectivity index (χ3v) is 3.94. The number of fused-ring (bicyclic) bond motifs is 3. The first-order valence-electron chi connectivity index (χ1n) is 6.82. The molecule has 2 N–H and O–H groups in total. The molecule has 0 bridgehead atoms. The number of hydrogen-bond acceptors (Lipinski definition) is 1. The van der Waals surface area contributed by atoms with Gasteiger partial charge in [0.1, 0.15) is 0 Å². The molecule has 6 heteroatoms. The first kappa shape index (κ1) is 14.0. The zero-order chi connectivity index (χ0) is 15.2. The molecule has 0 fully saturated rings. The first-order chi connectivity index (χ1) is 9.84. The van der Waals surface area contributed by atoms with Crippen LogP contribution in [0.4, 0.5) is 13.2 Å². The fourth-order valence-corrected chi connectivity index (χ4v) is 2.93. The summed E-state index contributed by atoms with van der Waals surface area (Å²) in [6.07, 6.45) is -3.22. The number of H-pyrrole nitrogens is 1. The van der Waals surface area contributed by atoms with Crippen LogP contribution in [0.15, 0.2) is 18.2 Å². The van der Waals surface area contributed by atoms with Crippen LogP contribution in [0.5, 0.6) is 0 Å². The summed E-state index contributed by atoms with van der Waals surface area (Å²) in [6, 6.07) is 5.58. The van der Waals surface area contributed by atoms with E-state index in [1.54, 1.807) is 0 Å². The zero-order valence-corrected chi connectivity index (χ0v) is 11.5. The van der Waals surface area contributed by atoms with Crippen molar-refractivity contribution in [2.24, 2.45) is 0 Å². The molecule has 1 amide bonds. The molecule has 0 saturated carbocycles. The lowest BCUT2D eigenvalue weighted by Crippen LogP contribution is -2.45. The number of aromatic amines is 1. The van der Waals surface area contributed by atoms with Crippen LogP contribution in [0, 0.1) is 6.92 Å². The maximum absolute atomic E-state index is 12.3. The Labute approximate surface area is 119 Å². The van der Waals surface area contributed by atoms with Crippen molar-refractivity contribution >= 4 is 16.8 Å². The average molecular weight is 296 g/mol. The van der Waals surface area contributed by atoms with E-state index in [1.165, 1.54) is 0 Å². The molecule has 1 atom stereocenters. The van der Waals surface area contributed by atoms with Gasteiger partial charge < -0.3 is 10.3 Å². The molecule has 21 heavy (non-hydrogen) atoms. The van der Waals surface area contributed by atoms with E-state index in [4.69, 9.17) is 0 Å². The SMILES string of the molecule is Cc1ccc2[nH]c3c(c2c1)CCC(NC(=O)C(F)(F)F)C3. The summed E-state index contributed by atoms with van der Waals surface area (Å²) < 4.78 is 36.9. The molecule has 1 aliphatic carbocycles. The van der Waals surface area contributed by atoms with Crippen molar-refractivity contribution < 1.29 is 18.0 Å². The quantitative estimate of drug-likeness (QED) is 0.835. The standard InChI is InChI=1S/C15H15F3N2O/c1-8-2-5-12-11(6-8)10-4-3-9(7-13(10)20-12)19-14(21)15(16,17)18/h2,5-6,9,20H,3-4,7H2,1H3,(H,19,21). The molecule has 0 aliphatic heterocycles. The minimum atomic E-state index is -4.82. The number of amides is 1. The van der Waals surface area contributed by atoms with Crippen LogP contribution in [0.3, 0.4) is 0 Å². The van der Waals surface area contributed by atoms with Gasteiger partial charge in [0.15, 0.2) is 0 Å². The molecule has 1 heterocycles. The Morgan fingerprint density at radius 1 is 1.38 bits per heavy atom. The van der Waals surface area contributed by atoms with Gasteiger partial charge in [-0.05, 0) is 37.5 Å². The number of nitrogens with one attached hydrogen (secondary N) is 2. The van der Waals surface area contributed by atoms with Crippen LogP contribution in [0.25, 0.3) is 10.9 Å². The Hall–Kier alpha value is -1.98.